The molecule has 1 aliphatic rings. The van der Waals surface area contributed by atoms with E-state index in [4.69, 9.17) is 4.74 Å². The molecule has 0 spiro atoms. The van der Waals surface area contributed by atoms with Gasteiger partial charge in [0.1, 0.15) is 5.82 Å². The van der Waals surface area contributed by atoms with Crippen molar-refractivity contribution in [3.05, 3.63) is 47.5 Å². The number of aromatic nitrogens is 2. The molecule has 1 aromatic carbocycles. The number of benzene rings is 1. The SMILES string of the molecule is COC(=O)c1ccc(S(=O)(=O)N2CCNCC2c2nccn2C)cc1C.Cl. The Morgan fingerprint density at radius 1 is 1.37 bits per heavy atom. The number of piperazine rings is 1. The molecule has 8 nitrogen and oxygen atoms in total. The van der Waals surface area contributed by atoms with Gasteiger partial charge in [0, 0.05) is 39.1 Å². The highest BCUT2D eigenvalue weighted by atomic mass is 35.5. The van der Waals surface area contributed by atoms with Crippen molar-refractivity contribution >= 4 is 28.4 Å². The molecule has 1 atom stereocenters. The highest BCUT2D eigenvalue weighted by Gasteiger charge is 2.36. The highest BCUT2D eigenvalue weighted by Crippen LogP contribution is 2.29. The summed E-state index contributed by atoms with van der Waals surface area (Å²) in [5.41, 5.74) is 0.911. The van der Waals surface area contributed by atoms with Gasteiger partial charge in [-0.3, -0.25) is 0 Å². The van der Waals surface area contributed by atoms with E-state index in [9.17, 15) is 13.2 Å². The van der Waals surface area contributed by atoms with Crippen molar-refractivity contribution in [3.63, 3.8) is 0 Å². The molecule has 0 radical (unpaired) electrons. The Balaban J connectivity index is 0.00000261. The fourth-order valence-electron chi connectivity index (χ4n) is 3.16. The van der Waals surface area contributed by atoms with E-state index in [1.165, 1.54) is 29.6 Å². The first-order valence-corrected chi connectivity index (χ1v) is 9.69. The van der Waals surface area contributed by atoms with E-state index in [0.29, 0.717) is 36.6 Å². The van der Waals surface area contributed by atoms with Crippen LogP contribution in [-0.2, 0) is 21.8 Å². The third kappa shape index (κ3) is 4.01. The molecular formula is C17H23ClN4O4S. The lowest BCUT2D eigenvalue weighted by molar-refractivity contribution is 0.0599. The number of rotatable bonds is 4. The Labute approximate surface area is 165 Å². The van der Waals surface area contributed by atoms with Crippen LogP contribution in [-0.4, -0.2) is 55.0 Å². The van der Waals surface area contributed by atoms with Crippen molar-refractivity contribution in [2.24, 2.45) is 7.05 Å². The zero-order chi connectivity index (χ0) is 18.9. The molecule has 1 saturated heterocycles. The Hall–Kier alpha value is -1.94. The summed E-state index contributed by atoms with van der Waals surface area (Å²) >= 11 is 0. The quantitative estimate of drug-likeness (QED) is 0.757. The molecule has 27 heavy (non-hydrogen) atoms. The summed E-state index contributed by atoms with van der Waals surface area (Å²) in [6.45, 7) is 3.10. The van der Waals surface area contributed by atoms with Crippen LogP contribution in [0.25, 0.3) is 0 Å². The van der Waals surface area contributed by atoms with Crippen molar-refractivity contribution in [1.82, 2.24) is 19.2 Å². The monoisotopic (exact) mass is 414 g/mol. The van der Waals surface area contributed by atoms with E-state index in [1.807, 2.05) is 11.6 Å². The topological polar surface area (TPSA) is 93.5 Å². The first-order valence-electron chi connectivity index (χ1n) is 8.25. The number of ether oxygens (including phenoxy) is 1. The number of carbonyl (C=O) groups excluding carboxylic acids is 1. The van der Waals surface area contributed by atoms with Crippen molar-refractivity contribution in [1.29, 1.82) is 0 Å². The summed E-state index contributed by atoms with van der Waals surface area (Å²) in [5.74, 6) is 0.197. The van der Waals surface area contributed by atoms with E-state index in [0.717, 1.165) is 0 Å². The fraction of sp³-hybridized carbons (Fsp3) is 0.412. The number of nitrogens with one attached hydrogen (secondary N) is 1. The van der Waals surface area contributed by atoms with E-state index in [2.05, 4.69) is 10.3 Å². The molecular weight excluding hydrogens is 392 g/mol. The van der Waals surface area contributed by atoms with Gasteiger partial charge in [-0.2, -0.15) is 4.31 Å². The number of sulfonamides is 1. The van der Waals surface area contributed by atoms with Gasteiger partial charge in [0.15, 0.2) is 0 Å². The van der Waals surface area contributed by atoms with Crippen LogP contribution >= 0.6 is 12.4 Å². The molecule has 2 aromatic rings. The van der Waals surface area contributed by atoms with Gasteiger partial charge in [0.2, 0.25) is 10.0 Å². The highest BCUT2D eigenvalue weighted by molar-refractivity contribution is 7.89. The third-order valence-electron chi connectivity index (χ3n) is 4.56. The normalized spacial score (nSPS) is 18.0. The van der Waals surface area contributed by atoms with Crippen molar-refractivity contribution in [2.75, 3.05) is 26.7 Å². The number of hydrogen-bond donors (Lipinski definition) is 1. The fourth-order valence-corrected chi connectivity index (χ4v) is 4.83. The maximum atomic E-state index is 13.3. The zero-order valence-electron chi connectivity index (χ0n) is 15.4. The number of methoxy groups -OCH3 is 1. The number of nitrogens with zero attached hydrogens (tertiary/aromatic N) is 3. The predicted molar refractivity (Wildman–Crippen MR) is 102 cm³/mol. The van der Waals surface area contributed by atoms with E-state index in [1.54, 1.807) is 19.3 Å². The van der Waals surface area contributed by atoms with Crippen LogP contribution in [0.15, 0.2) is 35.5 Å². The number of esters is 1. The van der Waals surface area contributed by atoms with Gasteiger partial charge in [0.05, 0.1) is 23.6 Å². The number of carbonyl (C=O) groups is 1. The molecule has 0 amide bonds. The first kappa shape index (κ1) is 21.4. The number of hydrogen-bond acceptors (Lipinski definition) is 6. The average molecular weight is 415 g/mol. The van der Waals surface area contributed by atoms with Crippen molar-refractivity contribution in [2.45, 2.75) is 17.9 Å². The lowest BCUT2D eigenvalue weighted by atomic mass is 10.1. The number of halogens is 1. The standard InChI is InChI=1S/C17H22N4O4S.ClH/c1-12-10-13(4-5-14(12)17(22)25-3)26(23,24)21-9-6-18-11-15(21)16-19-7-8-20(16)2;/h4-5,7-8,10,15,18H,6,9,11H2,1-3H3;1H. The minimum atomic E-state index is -3.74. The van der Waals surface area contributed by atoms with Gasteiger partial charge in [-0.1, -0.05) is 0 Å². The minimum absolute atomic E-state index is 0. The van der Waals surface area contributed by atoms with E-state index < -0.39 is 22.0 Å². The first-order chi connectivity index (χ1) is 12.4. The molecule has 1 aromatic heterocycles. The molecule has 1 N–H and O–H groups in total. The second kappa shape index (κ2) is 8.39. The number of imidazole rings is 1. The third-order valence-corrected chi connectivity index (χ3v) is 6.46. The van der Waals surface area contributed by atoms with Crippen LogP contribution in [0.3, 0.4) is 0 Å². The van der Waals surface area contributed by atoms with Crippen LogP contribution in [0.2, 0.25) is 0 Å². The summed E-state index contributed by atoms with van der Waals surface area (Å²) in [6, 6.07) is 4.06. The van der Waals surface area contributed by atoms with Crippen LogP contribution in [0.4, 0.5) is 0 Å². The van der Waals surface area contributed by atoms with Crippen LogP contribution in [0, 0.1) is 6.92 Å². The Morgan fingerprint density at radius 2 is 2.11 bits per heavy atom. The Kier molecular flexibility index (Phi) is 6.63. The maximum absolute atomic E-state index is 13.3. The Bertz CT molecular complexity index is 929. The second-order valence-electron chi connectivity index (χ2n) is 6.20. The maximum Gasteiger partial charge on any atom is 0.338 e. The molecule has 1 aliphatic heterocycles. The molecule has 2 heterocycles. The average Bonchev–Trinajstić information content (AvgIpc) is 3.06. The van der Waals surface area contributed by atoms with Crippen LogP contribution in [0.5, 0.6) is 0 Å². The second-order valence-corrected chi connectivity index (χ2v) is 8.09. The molecule has 3 rings (SSSR count). The largest absolute Gasteiger partial charge is 0.465 e. The summed E-state index contributed by atoms with van der Waals surface area (Å²) in [5, 5.41) is 3.23. The van der Waals surface area contributed by atoms with Gasteiger partial charge in [-0.15, -0.1) is 12.4 Å². The van der Waals surface area contributed by atoms with Crippen molar-refractivity contribution in [3.8, 4) is 0 Å². The molecule has 1 fully saturated rings. The summed E-state index contributed by atoms with van der Waals surface area (Å²) in [4.78, 5) is 16.2. The lowest BCUT2D eigenvalue weighted by Crippen LogP contribution is -2.49. The molecule has 148 valence electrons. The molecule has 10 heteroatoms. The van der Waals surface area contributed by atoms with Crippen LogP contribution in [0.1, 0.15) is 27.8 Å². The molecule has 0 bridgehead atoms. The van der Waals surface area contributed by atoms with Gasteiger partial charge >= 0.3 is 5.97 Å². The predicted octanol–water partition coefficient (Wildman–Crippen LogP) is 1.27. The minimum Gasteiger partial charge on any atom is -0.465 e. The lowest BCUT2D eigenvalue weighted by Gasteiger charge is -2.34. The summed E-state index contributed by atoms with van der Waals surface area (Å²) in [6.07, 6.45) is 3.45. The number of aryl methyl sites for hydroxylation is 2. The zero-order valence-corrected chi connectivity index (χ0v) is 17.0. The van der Waals surface area contributed by atoms with E-state index >= 15 is 0 Å². The van der Waals surface area contributed by atoms with Gasteiger partial charge < -0.3 is 14.6 Å². The molecule has 0 saturated carbocycles. The molecule has 0 aliphatic carbocycles. The van der Waals surface area contributed by atoms with Crippen LogP contribution < -0.4 is 5.32 Å². The van der Waals surface area contributed by atoms with E-state index in [-0.39, 0.29) is 17.3 Å². The Morgan fingerprint density at radius 3 is 2.70 bits per heavy atom. The molecule has 1 unspecified atom stereocenters. The van der Waals surface area contributed by atoms with Gasteiger partial charge in [-0.25, -0.2) is 18.2 Å². The summed E-state index contributed by atoms with van der Waals surface area (Å²) in [7, 11) is -0.597. The van der Waals surface area contributed by atoms with Crippen molar-refractivity contribution < 1.29 is 17.9 Å². The van der Waals surface area contributed by atoms with Gasteiger partial charge in [0.25, 0.3) is 0 Å². The smallest absolute Gasteiger partial charge is 0.338 e. The summed E-state index contributed by atoms with van der Waals surface area (Å²) < 4.78 is 34.5. The van der Waals surface area contributed by atoms with Gasteiger partial charge in [-0.05, 0) is 30.7 Å².